The van der Waals surface area contributed by atoms with Gasteiger partial charge in [0.25, 0.3) is 0 Å². The minimum Gasteiger partial charge on any atom is -0.250 e. The zero-order chi connectivity index (χ0) is 26.2. The van der Waals surface area contributed by atoms with Gasteiger partial charge in [-0.15, -0.1) is 0 Å². The number of pyridine rings is 2. The molecule has 4 aromatic carbocycles. The minimum absolute atomic E-state index is 0.299. The molecule has 0 atom stereocenters. The maximum atomic E-state index is 5.19. The van der Waals surface area contributed by atoms with Gasteiger partial charge in [-0.1, -0.05) is 107 Å². The van der Waals surface area contributed by atoms with E-state index in [0.717, 1.165) is 33.2 Å². The zero-order valence-electron chi connectivity index (χ0n) is 22.4. The van der Waals surface area contributed by atoms with Crippen molar-refractivity contribution in [1.82, 2.24) is 9.97 Å². The molecule has 6 aromatic rings. The van der Waals surface area contributed by atoms with Gasteiger partial charge in [0.05, 0.1) is 11.0 Å². The lowest BCUT2D eigenvalue weighted by Gasteiger charge is -2.16. The maximum absolute atomic E-state index is 5.19. The Labute approximate surface area is 225 Å². The topological polar surface area (TPSA) is 25.8 Å². The Balaban J connectivity index is 1.67. The third-order valence-corrected chi connectivity index (χ3v) is 7.32. The maximum Gasteiger partial charge on any atom is 0.0974 e. The predicted molar refractivity (Wildman–Crippen MR) is 162 cm³/mol. The highest BCUT2D eigenvalue weighted by molar-refractivity contribution is 6.08. The van der Waals surface area contributed by atoms with E-state index >= 15 is 0 Å². The lowest BCUT2D eigenvalue weighted by molar-refractivity contribution is 0.826. The van der Waals surface area contributed by atoms with E-state index in [4.69, 9.17) is 9.97 Å². The Morgan fingerprint density at radius 3 is 1.55 bits per heavy atom. The van der Waals surface area contributed by atoms with Gasteiger partial charge >= 0.3 is 0 Å². The van der Waals surface area contributed by atoms with Crippen molar-refractivity contribution in [3.8, 4) is 33.4 Å². The molecule has 0 aliphatic carbocycles. The quantitative estimate of drug-likeness (QED) is 0.224. The highest BCUT2D eigenvalue weighted by Gasteiger charge is 2.16. The van der Waals surface area contributed by atoms with Crippen LogP contribution >= 0.6 is 0 Å². The molecule has 2 nitrogen and oxygen atoms in total. The monoisotopic (exact) mass is 492 g/mol. The third-order valence-electron chi connectivity index (χ3n) is 7.32. The summed E-state index contributed by atoms with van der Waals surface area (Å²) in [5, 5.41) is 2.27. The van der Waals surface area contributed by atoms with Crippen molar-refractivity contribution in [2.75, 3.05) is 0 Å². The van der Waals surface area contributed by atoms with Crippen LogP contribution in [0.5, 0.6) is 0 Å². The van der Waals surface area contributed by atoms with Crippen molar-refractivity contribution in [3.05, 3.63) is 121 Å². The fourth-order valence-electron chi connectivity index (χ4n) is 5.14. The molecule has 0 saturated carbocycles. The normalized spacial score (nSPS) is 11.6. The molecule has 0 bridgehead atoms. The van der Waals surface area contributed by atoms with Crippen LogP contribution in [-0.2, 0) is 0 Å². The van der Waals surface area contributed by atoms with Gasteiger partial charge in [0.2, 0.25) is 0 Å². The van der Waals surface area contributed by atoms with E-state index in [9.17, 15) is 0 Å². The average molecular weight is 493 g/mol. The SMILES string of the molecule is CC(C)c1ccc2ccc3c(-c4cc(-c5ccccc5)cc(-c5ccccc5)c4)cc(C(C)C)nc3c2n1. The van der Waals surface area contributed by atoms with E-state index in [1.165, 1.54) is 33.4 Å². The molecule has 0 N–H and O–H groups in total. The number of rotatable bonds is 5. The first-order valence-corrected chi connectivity index (χ1v) is 13.5. The molecule has 0 aliphatic heterocycles. The highest BCUT2D eigenvalue weighted by atomic mass is 14.8. The fraction of sp³-hybridized carbons (Fsp3) is 0.167. The van der Waals surface area contributed by atoms with E-state index in [-0.39, 0.29) is 0 Å². The summed E-state index contributed by atoms with van der Waals surface area (Å²) in [6, 6.07) is 39.2. The molecule has 0 spiro atoms. The minimum atomic E-state index is 0.299. The van der Waals surface area contributed by atoms with Crippen LogP contribution in [0.2, 0.25) is 0 Å². The van der Waals surface area contributed by atoms with Gasteiger partial charge in [-0.25, -0.2) is 0 Å². The number of hydrogen-bond donors (Lipinski definition) is 0. The largest absolute Gasteiger partial charge is 0.250 e. The van der Waals surface area contributed by atoms with Crippen molar-refractivity contribution in [1.29, 1.82) is 0 Å². The van der Waals surface area contributed by atoms with E-state index in [1.807, 2.05) is 0 Å². The second-order valence-corrected chi connectivity index (χ2v) is 10.7. The van der Waals surface area contributed by atoms with E-state index in [1.54, 1.807) is 0 Å². The molecule has 2 heteroatoms. The molecule has 38 heavy (non-hydrogen) atoms. The molecular weight excluding hydrogens is 460 g/mol. The van der Waals surface area contributed by atoms with Gasteiger partial charge in [0, 0.05) is 22.2 Å². The third kappa shape index (κ3) is 4.48. The summed E-state index contributed by atoms with van der Waals surface area (Å²) < 4.78 is 0. The molecule has 0 amide bonds. The highest BCUT2D eigenvalue weighted by Crippen LogP contribution is 2.38. The van der Waals surface area contributed by atoms with E-state index in [2.05, 4.69) is 137 Å². The predicted octanol–water partition coefficient (Wildman–Crippen LogP) is 10.0. The van der Waals surface area contributed by atoms with Crippen LogP contribution < -0.4 is 0 Å². The van der Waals surface area contributed by atoms with Crippen LogP contribution in [0.3, 0.4) is 0 Å². The number of fused-ring (bicyclic) bond motifs is 3. The number of aromatic nitrogens is 2. The van der Waals surface area contributed by atoms with Crippen molar-refractivity contribution in [2.45, 2.75) is 39.5 Å². The molecule has 2 heterocycles. The number of hydrogen-bond acceptors (Lipinski definition) is 2. The first-order chi connectivity index (χ1) is 18.5. The summed E-state index contributed by atoms with van der Waals surface area (Å²) in [7, 11) is 0. The average Bonchev–Trinajstić information content (AvgIpc) is 2.96. The molecule has 0 fully saturated rings. The van der Waals surface area contributed by atoms with Crippen LogP contribution in [0, 0.1) is 0 Å². The summed E-state index contributed by atoms with van der Waals surface area (Å²) >= 11 is 0. The Hall–Kier alpha value is -4.30. The first kappa shape index (κ1) is 24.1. The van der Waals surface area contributed by atoms with Gasteiger partial charge in [-0.05, 0) is 75.5 Å². The van der Waals surface area contributed by atoms with Crippen LogP contribution in [0.4, 0.5) is 0 Å². The molecular formula is C36H32N2. The molecule has 2 aromatic heterocycles. The summed E-state index contributed by atoms with van der Waals surface area (Å²) in [5.74, 6) is 0.658. The summed E-state index contributed by atoms with van der Waals surface area (Å²) in [6.07, 6.45) is 0. The fourth-order valence-corrected chi connectivity index (χ4v) is 5.14. The van der Waals surface area contributed by atoms with E-state index < -0.39 is 0 Å². The van der Waals surface area contributed by atoms with Gasteiger partial charge in [0.1, 0.15) is 0 Å². The van der Waals surface area contributed by atoms with E-state index in [0.29, 0.717) is 11.8 Å². The zero-order valence-corrected chi connectivity index (χ0v) is 22.4. The van der Waals surface area contributed by atoms with Crippen molar-refractivity contribution >= 4 is 21.8 Å². The molecule has 0 unspecified atom stereocenters. The standard InChI is InChI=1S/C36H32N2/c1-23(2)33-18-16-27-15-17-31-32(22-34(24(3)4)38-36(31)35(27)37-33)30-20-28(25-11-7-5-8-12-25)19-29(21-30)26-13-9-6-10-14-26/h5-24H,1-4H3. The summed E-state index contributed by atoms with van der Waals surface area (Å²) in [5.41, 5.74) is 11.4. The molecule has 0 aliphatic rings. The Morgan fingerprint density at radius 1 is 0.447 bits per heavy atom. The van der Waals surface area contributed by atoms with Crippen molar-refractivity contribution in [2.24, 2.45) is 0 Å². The first-order valence-electron chi connectivity index (χ1n) is 13.5. The van der Waals surface area contributed by atoms with Gasteiger partial charge < -0.3 is 0 Å². The van der Waals surface area contributed by atoms with Crippen LogP contribution in [-0.4, -0.2) is 9.97 Å². The van der Waals surface area contributed by atoms with Gasteiger partial charge in [0.15, 0.2) is 0 Å². The van der Waals surface area contributed by atoms with Crippen molar-refractivity contribution < 1.29 is 0 Å². The Kier molecular flexibility index (Phi) is 6.25. The summed E-state index contributed by atoms with van der Waals surface area (Å²) in [4.78, 5) is 10.3. The van der Waals surface area contributed by atoms with Crippen molar-refractivity contribution in [3.63, 3.8) is 0 Å². The van der Waals surface area contributed by atoms with Gasteiger partial charge in [-0.3, -0.25) is 9.97 Å². The lowest BCUT2D eigenvalue weighted by atomic mass is 9.90. The lowest BCUT2D eigenvalue weighted by Crippen LogP contribution is -1.99. The van der Waals surface area contributed by atoms with Gasteiger partial charge in [-0.2, -0.15) is 0 Å². The van der Waals surface area contributed by atoms with Crippen LogP contribution in [0.15, 0.2) is 109 Å². The Bertz CT molecular complexity index is 1690. The molecule has 0 saturated heterocycles. The van der Waals surface area contributed by atoms with Crippen LogP contribution in [0.1, 0.15) is 50.9 Å². The second kappa shape index (κ2) is 9.87. The summed E-state index contributed by atoms with van der Waals surface area (Å²) in [6.45, 7) is 8.81. The molecule has 6 rings (SSSR count). The Morgan fingerprint density at radius 2 is 0.974 bits per heavy atom. The van der Waals surface area contributed by atoms with Crippen LogP contribution in [0.25, 0.3) is 55.2 Å². The molecule has 0 radical (unpaired) electrons. The molecule has 186 valence electrons. The number of nitrogens with zero attached hydrogens (tertiary/aromatic N) is 2. The number of benzene rings is 4. The second-order valence-electron chi connectivity index (χ2n) is 10.7. The smallest absolute Gasteiger partial charge is 0.0974 e.